The van der Waals surface area contributed by atoms with Crippen LogP contribution in [0, 0.1) is 47.4 Å². The maximum Gasteiger partial charge on any atom is 0.119 e. The lowest BCUT2D eigenvalue weighted by molar-refractivity contribution is 0.309. The maximum absolute atomic E-state index is 5.74. The Hall–Kier alpha value is -4.40. The molecule has 0 N–H and O–H groups in total. The summed E-state index contributed by atoms with van der Waals surface area (Å²) in [4.78, 5) is 0. The van der Waals surface area contributed by atoms with Crippen molar-refractivity contribution in [2.24, 2.45) is 23.7 Å². The van der Waals surface area contributed by atoms with E-state index in [1.54, 1.807) is 0 Å². The zero-order valence-corrected chi connectivity index (χ0v) is 33.0. The van der Waals surface area contributed by atoms with Crippen LogP contribution in [0.25, 0.3) is 22.3 Å². The summed E-state index contributed by atoms with van der Waals surface area (Å²) in [6, 6.07) is 34.0. The second-order valence-electron chi connectivity index (χ2n) is 15.2. The first-order chi connectivity index (χ1) is 26.0. The smallest absolute Gasteiger partial charge is 0.119 e. The lowest BCUT2D eigenvalue weighted by Crippen LogP contribution is -2.12. The number of hydrogen-bond donors (Lipinski definition) is 0. The van der Waals surface area contributed by atoms with Crippen LogP contribution in [0.4, 0.5) is 0 Å². The van der Waals surface area contributed by atoms with Crippen LogP contribution in [0.3, 0.4) is 0 Å². The molecule has 0 heterocycles. The highest BCUT2D eigenvalue weighted by Gasteiger charge is 2.18. The highest BCUT2D eigenvalue weighted by atomic mass is 16.5. The van der Waals surface area contributed by atoms with E-state index < -0.39 is 0 Å². The van der Waals surface area contributed by atoms with Gasteiger partial charge in [-0.15, -0.1) is 0 Å². The molecule has 0 unspecified atom stereocenters. The van der Waals surface area contributed by atoms with Gasteiger partial charge in [0, 0.05) is 23.0 Å². The van der Waals surface area contributed by atoms with Crippen molar-refractivity contribution in [3.05, 3.63) is 108 Å². The zero-order chi connectivity index (χ0) is 37.1. The van der Waals surface area contributed by atoms with Crippen LogP contribution in [0.1, 0.15) is 122 Å². The van der Waals surface area contributed by atoms with E-state index >= 15 is 0 Å². The topological polar surface area (TPSA) is 18.5 Å². The number of rotatable bonds is 11. The molecule has 53 heavy (non-hydrogen) atoms. The fraction of sp³-hybridized carbons (Fsp3) is 0.451. The van der Waals surface area contributed by atoms with Crippen LogP contribution < -0.4 is 9.47 Å². The third kappa shape index (κ3) is 13.5. The minimum atomic E-state index is 0.589. The second-order valence-corrected chi connectivity index (χ2v) is 15.2. The first-order valence-electron chi connectivity index (χ1n) is 20.7. The Bertz CT molecular complexity index is 1730. The van der Waals surface area contributed by atoms with Crippen molar-refractivity contribution in [3.8, 4) is 57.4 Å². The zero-order valence-electron chi connectivity index (χ0n) is 33.0. The van der Waals surface area contributed by atoms with Crippen molar-refractivity contribution < 1.29 is 9.47 Å². The third-order valence-corrected chi connectivity index (χ3v) is 11.0. The molecule has 2 aliphatic carbocycles. The monoisotopic (exact) mass is 706 g/mol. The van der Waals surface area contributed by atoms with E-state index in [0.717, 1.165) is 73.4 Å². The minimum Gasteiger partial charge on any atom is -0.494 e. The van der Waals surface area contributed by atoms with Gasteiger partial charge in [-0.05, 0) is 147 Å². The lowest BCUT2D eigenvalue weighted by atomic mass is 9.81. The molecule has 2 nitrogen and oxygen atoms in total. The van der Waals surface area contributed by atoms with E-state index in [9.17, 15) is 0 Å². The van der Waals surface area contributed by atoms with E-state index in [2.05, 4.69) is 148 Å². The Labute approximate surface area is 322 Å². The molecule has 0 amide bonds. The molecule has 0 aliphatic heterocycles. The number of hydrogen-bond acceptors (Lipinski definition) is 2. The van der Waals surface area contributed by atoms with Crippen LogP contribution in [-0.4, -0.2) is 13.2 Å². The minimum absolute atomic E-state index is 0.589. The Morgan fingerprint density at radius 1 is 0.472 bits per heavy atom. The van der Waals surface area contributed by atoms with E-state index in [4.69, 9.17) is 9.47 Å². The first-order valence-corrected chi connectivity index (χ1v) is 20.7. The van der Waals surface area contributed by atoms with Gasteiger partial charge in [0.1, 0.15) is 11.5 Å². The molecule has 278 valence electrons. The Morgan fingerprint density at radius 3 is 1.19 bits per heavy atom. The van der Waals surface area contributed by atoms with Gasteiger partial charge < -0.3 is 9.47 Å². The number of benzene rings is 4. The molecule has 0 spiro atoms. The maximum atomic E-state index is 5.74. The molecule has 4 aromatic rings. The van der Waals surface area contributed by atoms with E-state index in [1.807, 2.05) is 0 Å². The van der Waals surface area contributed by atoms with Crippen molar-refractivity contribution >= 4 is 0 Å². The average Bonchev–Trinajstić information content (AvgIpc) is 3.21. The molecule has 0 radical (unpaired) electrons. The normalized spacial score (nSPS) is 19.3. The Kier molecular flexibility index (Phi) is 16.5. The van der Waals surface area contributed by atoms with E-state index in [1.165, 1.54) is 80.0 Å². The van der Waals surface area contributed by atoms with Crippen LogP contribution in [0.2, 0.25) is 0 Å². The molecule has 0 atom stereocenters. The average molecular weight is 707 g/mol. The molecular formula is C51H62O2. The highest BCUT2D eigenvalue weighted by Crippen LogP contribution is 2.31. The van der Waals surface area contributed by atoms with Gasteiger partial charge in [0.05, 0.1) is 13.2 Å². The molecule has 2 aliphatic rings. The van der Waals surface area contributed by atoms with Crippen LogP contribution >= 0.6 is 0 Å². The first kappa shape index (κ1) is 39.8. The second kappa shape index (κ2) is 22.0. The van der Waals surface area contributed by atoms with Gasteiger partial charge >= 0.3 is 0 Å². The molecule has 0 aromatic heterocycles. The molecule has 2 heteroatoms. The summed E-state index contributed by atoms with van der Waals surface area (Å²) in [6.07, 6.45) is 16.3. The predicted molar refractivity (Wildman–Crippen MR) is 225 cm³/mol. The Morgan fingerprint density at radius 2 is 0.830 bits per heavy atom. The van der Waals surface area contributed by atoms with Crippen molar-refractivity contribution in [2.45, 2.75) is 111 Å². The number of unbranched alkanes of at least 4 members (excludes halogenated alkanes) is 2. The van der Waals surface area contributed by atoms with Crippen molar-refractivity contribution in [3.63, 3.8) is 0 Å². The van der Waals surface area contributed by atoms with Gasteiger partial charge in [-0.3, -0.25) is 0 Å². The SMILES string of the molecule is CCCCOc1ccc(-c2ccc(C#CC3CCC(C)CC3)cc2)cc1.CCCCOc1ccc(-c2ccc(C#CC3CCC(CC)CC3)cc2)cc1. The van der Waals surface area contributed by atoms with Crippen molar-refractivity contribution in [1.82, 2.24) is 0 Å². The van der Waals surface area contributed by atoms with Gasteiger partial charge in [0.2, 0.25) is 0 Å². The quantitative estimate of drug-likeness (QED) is 0.114. The molecule has 4 aromatic carbocycles. The molecule has 6 rings (SSSR count). The van der Waals surface area contributed by atoms with Crippen LogP contribution in [0.15, 0.2) is 97.1 Å². The van der Waals surface area contributed by atoms with Gasteiger partial charge in [-0.25, -0.2) is 0 Å². The van der Waals surface area contributed by atoms with Crippen molar-refractivity contribution in [2.75, 3.05) is 13.2 Å². The van der Waals surface area contributed by atoms with Crippen LogP contribution in [-0.2, 0) is 0 Å². The fourth-order valence-electron chi connectivity index (χ4n) is 7.14. The summed E-state index contributed by atoms with van der Waals surface area (Å²) in [7, 11) is 0. The number of ether oxygens (including phenoxy) is 2. The fourth-order valence-corrected chi connectivity index (χ4v) is 7.14. The largest absolute Gasteiger partial charge is 0.494 e. The predicted octanol–water partition coefficient (Wildman–Crippen LogP) is 13.8. The summed E-state index contributed by atoms with van der Waals surface area (Å²) < 4.78 is 11.5. The standard InChI is InChI=1S/C26H32O.C25H30O/c1-3-5-20-27-26-18-16-25(17-19-26)24-14-12-23(13-15-24)11-10-22-8-6-21(4-2)7-9-22;1-3-4-19-26-25-17-15-24(16-18-25)23-13-11-22(12-14-23)10-9-21-7-5-20(2)6-8-21/h12-19,21-22H,3-9,20H2,1-2H3;11-18,20-21H,3-8,19H2,1-2H3. The van der Waals surface area contributed by atoms with Gasteiger partial charge in [-0.2, -0.15) is 0 Å². The summed E-state index contributed by atoms with van der Waals surface area (Å²) in [5, 5.41) is 0. The summed E-state index contributed by atoms with van der Waals surface area (Å²) in [6.45, 7) is 10.6. The highest BCUT2D eigenvalue weighted by molar-refractivity contribution is 5.66. The molecular weight excluding hydrogens is 645 g/mol. The molecule has 0 bridgehead atoms. The lowest BCUT2D eigenvalue weighted by Gasteiger charge is -2.24. The van der Waals surface area contributed by atoms with Gasteiger partial charge in [-0.1, -0.05) is 119 Å². The van der Waals surface area contributed by atoms with E-state index in [0.29, 0.717) is 11.8 Å². The molecule has 0 saturated heterocycles. The van der Waals surface area contributed by atoms with Gasteiger partial charge in [0.25, 0.3) is 0 Å². The summed E-state index contributed by atoms with van der Waals surface area (Å²) in [5.74, 6) is 18.7. The molecule has 2 saturated carbocycles. The summed E-state index contributed by atoms with van der Waals surface area (Å²) in [5.41, 5.74) is 7.12. The van der Waals surface area contributed by atoms with Crippen LogP contribution in [0.5, 0.6) is 11.5 Å². The Balaban J connectivity index is 0.000000204. The van der Waals surface area contributed by atoms with Gasteiger partial charge in [0.15, 0.2) is 0 Å². The third-order valence-electron chi connectivity index (χ3n) is 11.0. The summed E-state index contributed by atoms with van der Waals surface area (Å²) >= 11 is 0. The molecule has 2 fully saturated rings. The van der Waals surface area contributed by atoms with E-state index in [-0.39, 0.29) is 0 Å². The van der Waals surface area contributed by atoms with Crippen molar-refractivity contribution in [1.29, 1.82) is 0 Å².